The fraction of sp³-hybridized carbons (Fsp3) is 0.130. The highest BCUT2D eigenvalue weighted by atomic mass is 19.4. The highest BCUT2D eigenvalue weighted by molar-refractivity contribution is 6.01. The number of hydrogen-bond acceptors (Lipinski definition) is 4. The van der Waals surface area contributed by atoms with E-state index in [9.17, 15) is 18.0 Å². The Hall–Kier alpha value is -4.01. The van der Waals surface area contributed by atoms with Gasteiger partial charge in [-0.25, -0.2) is 9.78 Å². The van der Waals surface area contributed by atoms with Crippen LogP contribution in [0.1, 0.15) is 11.1 Å². The minimum atomic E-state index is -4.51. The molecule has 0 spiro atoms. The number of alkyl halides is 3. The summed E-state index contributed by atoms with van der Waals surface area (Å²) < 4.78 is 49.8. The third-order valence-corrected chi connectivity index (χ3v) is 4.69. The number of carbonyl (C=O) groups is 1. The van der Waals surface area contributed by atoms with Gasteiger partial charge < -0.3 is 19.8 Å². The molecule has 0 radical (unpaired) electrons. The molecule has 164 valence electrons. The summed E-state index contributed by atoms with van der Waals surface area (Å²) in [6, 6.07) is 14.2. The average molecular weight is 441 g/mol. The lowest BCUT2D eigenvalue weighted by atomic mass is 10.2. The van der Waals surface area contributed by atoms with Gasteiger partial charge in [0.2, 0.25) is 5.89 Å². The predicted octanol–water partition coefficient (Wildman–Crippen LogP) is 6.47. The summed E-state index contributed by atoms with van der Waals surface area (Å²) in [5.74, 6) is 0.717. The van der Waals surface area contributed by atoms with E-state index >= 15 is 0 Å². The van der Waals surface area contributed by atoms with Gasteiger partial charge in [0.05, 0.1) is 18.4 Å². The summed E-state index contributed by atoms with van der Waals surface area (Å²) in [7, 11) is 1.44. The Labute approximate surface area is 181 Å². The maximum Gasteiger partial charge on any atom is 0.416 e. The number of aromatic nitrogens is 1. The van der Waals surface area contributed by atoms with Gasteiger partial charge in [-0.2, -0.15) is 13.2 Å². The van der Waals surface area contributed by atoms with Crippen molar-refractivity contribution in [1.29, 1.82) is 0 Å². The predicted molar refractivity (Wildman–Crippen MR) is 115 cm³/mol. The van der Waals surface area contributed by atoms with Crippen molar-refractivity contribution in [2.45, 2.75) is 13.1 Å². The third-order valence-electron chi connectivity index (χ3n) is 4.69. The molecule has 1 heterocycles. The lowest BCUT2D eigenvalue weighted by Crippen LogP contribution is -2.20. The molecule has 0 aliphatic carbocycles. The molecule has 2 N–H and O–H groups in total. The van der Waals surface area contributed by atoms with E-state index in [1.165, 1.54) is 19.2 Å². The number of oxazole rings is 1. The highest BCUT2D eigenvalue weighted by Gasteiger charge is 2.30. The number of benzene rings is 3. The maximum absolute atomic E-state index is 12.9. The van der Waals surface area contributed by atoms with Crippen LogP contribution in [0, 0.1) is 6.92 Å². The minimum absolute atomic E-state index is 0.00164. The van der Waals surface area contributed by atoms with Crippen LogP contribution in [0.4, 0.5) is 29.3 Å². The van der Waals surface area contributed by atoms with E-state index in [2.05, 4.69) is 15.6 Å². The van der Waals surface area contributed by atoms with Crippen molar-refractivity contribution in [3.8, 4) is 17.2 Å². The van der Waals surface area contributed by atoms with E-state index in [0.717, 1.165) is 17.7 Å². The SMILES string of the molecule is COc1ccc(-c2nc3cc(C)ccc3o2)cc1NC(=O)Nc1cccc(C(F)(F)F)c1. The van der Waals surface area contributed by atoms with E-state index in [0.29, 0.717) is 34.0 Å². The van der Waals surface area contributed by atoms with Crippen LogP contribution in [0.5, 0.6) is 5.75 Å². The second kappa shape index (κ2) is 8.26. The van der Waals surface area contributed by atoms with Crippen LogP contribution in [0.25, 0.3) is 22.6 Å². The zero-order valence-corrected chi connectivity index (χ0v) is 17.1. The molecule has 0 unspecified atom stereocenters. The molecule has 0 bridgehead atoms. The topological polar surface area (TPSA) is 76.4 Å². The number of methoxy groups -OCH3 is 1. The van der Waals surface area contributed by atoms with E-state index in [-0.39, 0.29) is 5.69 Å². The molecule has 4 rings (SSSR count). The molecule has 0 aliphatic rings. The number of nitrogens with zero attached hydrogens (tertiary/aromatic N) is 1. The molecule has 0 saturated heterocycles. The zero-order chi connectivity index (χ0) is 22.9. The number of rotatable bonds is 4. The number of nitrogens with one attached hydrogen (secondary N) is 2. The number of anilines is 2. The van der Waals surface area contributed by atoms with Gasteiger partial charge in [0.25, 0.3) is 0 Å². The average Bonchev–Trinajstić information content (AvgIpc) is 3.16. The minimum Gasteiger partial charge on any atom is -0.495 e. The summed E-state index contributed by atoms with van der Waals surface area (Å²) in [5, 5.41) is 4.99. The van der Waals surface area contributed by atoms with Gasteiger partial charge in [-0.3, -0.25) is 0 Å². The van der Waals surface area contributed by atoms with Gasteiger partial charge in [0.1, 0.15) is 11.3 Å². The number of amides is 2. The standard InChI is InChI=1S/C23H18F3N3O3/c1-13-6-8-20-17(10-13)28-21(32-20)14-7-9-19(31-2)18(11-14)29-22(30)27-16-5-3-4-15(12-16)23(24,25)26/h3-12H,1-2H3,(H2,27,29,30). The van der Waals surface area contributed by atoms with Gasteiger partial charge in [-0.1, -0.05) is 12.1 Å². The largest absolute Gasteiger partial charge is 0.495 e. The molecular weight excluding hydrogens is 423 g/mol. The first-order valence-corrected chi connectivity index (χ1v) is 9.54. The quantitative estimate of drug-likeness (QED) is 0.380. The Bertz CT molecular complexity index is 1300. The summed E-state index contributed by atoms with van der Waals surface area (Å²) in [5.41, 5.74) is 2.40. The van der Waals surface area contributed by atoms with Crippen LogP contribution in [0.3, 0.4) is 0 Å². The number of urea groups is 1. The molecule has 0 atom stereocenters. The van der Waals surface area contributed by atoms with Gasteiger partial charge in [0.15, 0.2) is 5.58 Å². The molecule has 6 nitrogen and oxygen atoms in total. The van der Waals surface area contributed by atoms with Crippen molar-refractivity contribution in [1.82, 2.24) is 4.98 Å². The van der Waals surface area contributed by atoms with Crippen LogP contribution >= 0.6 is 0 Å². The maximum atomic E-state index is 12.9. The summed E-state index contributed by atoms with van der Waals surface area (Å²) in [6.07, 6.45) is -4.51. The van der Waals surface area contributed by atoms with Crippen LogP contribution in [0.15, 0.2) is 65.1 Å². The molecule has 3 aromatic carbocycles. The van der Waals surface area contributed by atoms with Gasteiger partial charge in [-0.15, -0.1) is 0 Å². The molecule has 1 aromatic heterocycles. The Morgan fingerprint density at radius 3 is 2.59 bits per heavy atom. The van der Waals surface area contributed by atoms with Crippen molar-refractivity contribution in [3.63, 3.8) is 0 Å². The molecule has 9 heteroatoms. The number of carbonyl (C=O) groups excluding carboxylic acids is 1. The first-order valence-electron chi connectivity index (χ1n) is 9.54. The molecule has 0 aliphatic heterocycles. The van der Waals surface area contributed by atoms with Crippen molar-refractivity contribution < 1.29 is 27.1 Å². The number of ether oxygens (including phenoxy) is 1. The van der Waals surface area contributed by atoms with Gasteiger partial charge in [0, 0.05) is 11.3 Å². The van der Waals surface area contributed by atoms with Crippen molar-refractivity contribution in [2.75, 3.05) is 17.7 Å². The normalized spacial score (nSPS) is 11.4. The van der Waals surface area contributed by atoms with Crippen LogP contribution in [-0.2, 0) is 6.18 Å². The molecule has 4 aromatic rings. The fourth-order valence-electron chi connectivity index (χ4n) is 3.16. The smallest absolute Gasteiger partial charge is 0.416 e. The molecule has 0 fully saturated rings. The fourth-order valence-corrected chi connectivity index (χ4v) is 3.16. The Balaban J connectivity index is 1.58. The Morgan fingerprint density at radius 1 is 1.03 bits per heavy atom. The van der Waals surface area contributed by atoms with Crippen LogP contribution < -0.4 is 15.4 Å². The molecule has 2 amide bonds. The van der Waals surface area contributed by atoms with Gasteiger partial charge in [-0.05, 0) is 61.0 Å². The number of hydrogen-bond donors (Lipinski definition) is 2. The van der Waals surface area contributed by atoms with Crippen molar-refractivity contribution in [3.05, 3.63) is 71.8 Å². The van der Waals surface area contributed by atoms with Crippen LogP contribution in [-0.4, -0.2) is 18.1 Å². The lowest BCUT2D eigenvalue weighted by molar-refractivity contribution is -0.137. The van der Waals surface area contributed by atoms with Crippen LogP contribution in [0.2, 0.25) is 0 Å². The Kier molecular flexibility index (Phi) is 5.48. The highest BCUT2D eigenvalue weighted by Crippen LogP contribution is 2.33. The summed E-state index contributed by atoms with van der Waals surface area (Å²) in [4.78, 5) is 16.9. The monoisotopic (exact) mass is 441 g/mol. The third kappa shape index (κ3) is 4.51. The molecular formula is C23H18F3N3O3. The van der Waals surface area contributed by atoms with E-state index < -0.39 is 17.8 Å². The number of fused-ring (bicyclic) bond motifs is 1. The lowest BCUT2D eigenvalue weighted by Gasteiger charge is -2.13. The summed E-state index contributed by atoms with van der Waals surface area (Å²) >= 11 is 0. The second-order valence-electron chi connectivity index (χ2n) is 7.06. The van der Waals surface area contributed by atoms with Crippen molar-refractivity contribution in [2.24, 2.45) is 0 Å². The zero-order valence-electron chi connectivity index (χ0n) is 17.1. The molecule has 32 heavy (non-hydrogen) atoms. The number of halogens is 3. The van der Waals surface area contributed by atoms with E-state index in [1.807, 2.05) is 25.1 Å². The summed E-state index contributed by atoms with van der Waals surface area (Å²) in [6.45, 7) is 1.95. The first kappa shape index (κ1) is 21.2. The second-order valence-corrected chi connectivity index (χ2v) is 7.06. The van der Waals surface area contributed by atoms with E-state index in [4.69, 9.17) is 9.15 Å². The van der Waals surface area contributed by atoms with Crippen molar-refractivity contribution >= 4 is 28.5 Å². The van der Waals surface area contributed by atoms with E-state index in [1.54, 1.807) is 18.2 Å². The number of aryl methyl sites for hydroxylation is 1. The van der Waals surface area contributed by atoms with Gasteiger partial charge >= 0.3 is 12.2 Å². The Morgan fingerprint density at radius 2 is 1.84 bits per heavy atom. The molecule has 0 saturated carbocycles. The first-order chi connectivity index (χ1) is 15.2.